The maximum Gasteiger partial charge on any atom is 0.251 e. The third kappa shape index (κ3) is 5.04. The van der Waals surface area contributed by atoms with Gasteiger partial charge < -0.3 is 15.7 Å². The van der Waals surface area contributed by atoms with Crippen LogP contribution in [0.3, 0.4) is 0 Å². The van der Waals surface area contributed by atoms with Gasteiger partial charge in [0.1, 0.15) is 0 Å². The number of amides is 1. The molecule has 0 aliphatic rings. The van der Waals surface area contributed by atoms with Gasteiger partial charge in [0.2, 0.25) is 0 Å². The molecule has 19 heavy (non-hydrogen) atoms. The summed E-state index contributed by atoms with van der Waals surface area (Å²) < 4.78 is 0. The lowest BCUT2D eigenvalue weighted by Crippen LogP contribution is -2.32. The lowest BCUT2D eigenvalue weighted by Gasteiger charge is -2.19. The molecule has 0 aliphatic heterocycles. The van der Waals surface area contributed by atoms with Gasteiger partial charge in [0, 0.05) is 24.0 Å². The summed E-state index contributed by atoms with van der Waals surface area (Å²) in [5, 5.41) is 14.9. The number of benzene rings is 1. The average molecular weight is 280 g/mol. The Morgan fingerprint density at radius 1 is 1.32 bits per heavy atom. The number of nitrogens with one attached hydrogen (secondary N) is 2. The highest BCUT2D eigenvalue weighted by atomic mass is 28.3. The van der Waals surface area contributed by atoms with E-state index >= 15 is 0 Å². The van der Waals surface area contributed by atoms with E-state index in [2.05, 4.69) is 30.3 Å². The monoisotopic (exact) mass is 280 g/mol. The number of rotatable bonds is 6. The van der Waals surface area contributed by atoms with Crippen LogP contribution in [0.25, 0.3) is 0 Å². The minimum absolute atomic E-state index is 0.0433. The number of aliphatic hydroxyl groups excluding tert-OH is 1. The second kappa shape index (κ2) is 6.72. The van der Waals surface area contributed by atoms with Gasteiger partial charge in [0.05, 0.1) is 14.7 Å². The van der Waals surface area contributed by atoms with Crippen LogP contribution in [0.5, 0.6) is 0 Å². The van der Waals surface area contributed by atoms with Crippen LogP contribution in [-0.4, -0.2) is 38.4 Å². The molecule has 106 valence electrons. The van der Waals surface area contributed by atoms with Crippen LogP contribution in [0, 0.1) is 6.92 Å². The Labute approximate surface area is 116 Å². The van der Waals surface area contributed by atoms with Gasteiger partial charge in [-0.25, -0.2) is 0 Å². The normalized spacial score (nSPS) is 11.2. The summed E-state index contributed by atoms with van der Waals surface area (Å²) in [4.78, 5) is 11.9. The van der Waals surface area contributed by atoms with Gasteiger partial charge in [-0.3, -0.25) is 4.79 Å². The quantitative estimate of drug-likeness (QED) is 0.699. The molecule has 0 unspecified atom stereocenters. The molecule has 0 atom stereocenters. The molecule has 0 aliphatic carbocycles. The van der Waals surface area contributed by atoms with E-state index < -0.39 is 8.07 Å². The molecule has 1 rings (SSSR count). The first-order chi connectivity index (χ1) is 8.85. The fourth-order valence-electron chi connectivity index (χ4n) is 1.70. The summed E-state index contributed by atoms with van der Waals surface area (Å²) in [6.07, 6.45) is 0.982. The fraction of sp³-hybridized carbons (Fsp3) is 0.500. The molecule has 3 N–H and O–H groups in total. The minimum Gasteiger partial charge on any atom is -0.395 e. The molecule has 5 heteroatoms. The Morgan fingerprint density at radius 3 is 2.58 bits per heavy atom. The van der Waals surface area contributed by atoms with Gasteiger partial charge in [-0.15, -0.1) is 0 Å². The zero-order valence-corrected chi connectivity index (χ0v) is 13.2. The van der Waals surface area contributed by atoms with E-state index in [1.165, 1.54) is 0 Å². The summed E-state index contributed by atoms with van der Waals surface area (Å²) >= 11 is 0. The zero-order valence-electron chi connectivity index (χ0n) is 12.2. The van der Waals surface area contributed by atoms with Crippen molar-refractivity contribution < 1.29 is 9.90 Å². The molecule has 0 bridgehead atoms. The maximum absolute atomic E-state index is 11.9. The predicted octanol–water partition coefficient (Wildman–Crippen LogP) is 2.01. The molecule has 0 spiro atoms. The van der Waals surface area contributed by atoms with Crippen molar-refractivity contribution in [3.63, 3.8) is 0 Å². The molecular formula is C14H24N2O2Si. The largest absolute Gasteiger partial charge is 0.395 e. The van der Waals surface area contributed by atoms with Gasteiger partial charge >= 0.3 is 0 Å². The van der Waals surface area contributed by atoms with Crippen molar-refractivity contribution in [2.45, 2.75) is 26.6 Å². The van der Waals surface area contributed by atoms with E-state index in [1.807, 2.05) is 25.1 Å². The first-order valence-corrected chi connectivity index (χ1v) is 10.3. The molecule has 0 aromatic heterocycles. The predicted molar refractivity (Wildman–Crippen MR) is 82.4 cm³/mol. The Hall–Kier alpha value is -1.33. The Morgan fingerprint density at radius 2 is 2.00 bits per heavy atom. The van der Waals surface area contributed by atoms with Crippen LogP contribution in [0.1, 0.15) is 15.9 Å². The number of anilines is 1. The van der Waals surface area contributed by atoms with Crippen LogP contribution in [0.4, 0.5) is 5.69 Å². The number of carbonyl (C=O) groups excluding carboxylic acids is 1. The third-order valence-electron chi connectivity index (χ3n) is 2.78. The summed E-state index contributed by atoms with van der Waals surface area (Å²) in [6.45, 7) is 9.08. The number of hydrogen-bond acceptors (Lipinski definition) is 3. The average Bonchev–Trinajstić information content (AvgIpc) is 2.33. The van der Waals surface area contributed by atoms with Gasteiger partial charge in [-0.1, -0.05) is 25.7 Å². The summed E-state index contributed by atoms with van der Waals surface area (Å²) in [5.41, 5.74) is 2.63. The Balaban J connectivity index is 2.83. The molecule has 0 fully saturated rings. The van der Waals surface area contributed by atoms with Gasteiger partial charge in [0.25, 0.3) is 5.91 Å². The molecule has 0 saturated heterocycles. The molecule has 4 nitrogen and oxygen atoms in total. The van der Waals surface area contributed by atoms with Crippen LogP contribution in [0.2, 0.25) is 19.6 Å². The first-order valence-electron chi connectivity index (χ1n) is 6.58. The first kappa shape index (κ1) is 15.7. The van der Waals surface area contributed by atoms with Crippen molar-refractivity contribution in [3.05, 3.63) is 29.3 Å². The highest BCUT2D eigenvalue weighted by Gasteiger charge is 2.15. The standard InChI is InChI=1S/C14H24N2O2Si/c1-11-12(14(18)15-8-9-17)6-5-7-13(11)16-10-19(2,3)4/h5-7,16-17H,8-10H2,1-4H3,(H,15,18). The van der Waals surface area contributed by atoms with Crippen molar-refractivity contribution in [2.75, 3.05) is 24.6 Å². The van der Waals surface area contributed by atoms with Crippen molar-refractivity contribution in [3.8, 4) is 0 Å². The second-order valence-electron chi connectivity index (χ2n) is 5.87. The molecule has 1 aromatic rings. The molecule has 0 heterocycles. The van der Waals surface area contributed by atoms with E-state index in [0.717, 1.165) is 17.4 Å². The maximum atomic E-state index is 11.9. The minimum atomic E-state index is -1.17. The highest BCUT2D eigenvalue weighted by molar-refractivity contribution is 6.76. The number of hydrogen-bond donors (Lipinski definition) is 3. The fourth-order valence-corrected chi connectivity index (χ4v) is 2.42. The van der Waals surface area contributed by atoms with Gasteiger partial charge in [-0.05, 0) is 24.6 Å². The lowest BCUT2D eigenvalue weighted by molar-refractivity contribution is 0.0944. The van der Waals surface area contributed by atoms with Crippen LogP contribution >= 0.6 is 0 Å². The Kier molecular flexibility index (Phi) is 5.56. The zero-order chi connectivity index (χ0) is 14.5. The van der Waals surface area contributed by atoms with E-state index in [9.17, 15) is 4.79 Å². The molecule has 1 aromatic carbocycles. The summed E-state index contributed by atoms with van der Waals surface area (Å²) in [7, 11) is -1.17. The third-order valence-corrected chi connectivity index (χ3v) is 4.02. The summed E-state index contributed by atoms with van der Waals surface area (Å²) in [5.74, 6) is -0.136. The van der Waals surface area contributed by atoms with Crippen molar-refractivity contribution in [1.82, 2.24) is 5.32 Å². The molecule has 0 saturated carbocycles. The smallest absolute Gasteiger partial charge is 0.251 e. The van der Waals surface area contributed by atoms with Crippen molar-refractivity contribution >= 4 is 19.7 Å². The number of carbonyl (C=O) groups is 1. The summed E-state index contributed by atoms with van der Waals surface area (Å²) in [6, 6.07) is 5.69. The second-order valence-corrected chi connectivity index (χ2v) is 11.3. The van der Waals surface area contributed by atoms with Gasteiger partial charge in [-0.2, -0.15) is 0 Å². The van der Waals surface area contributed by atoms with Crippen LogP contribution in [-0.2, 0) is 0 Å². The van der Waals surface area contributed by atoms with E-state index in [4.69, 9.17) is 5.11 Å². The van der Waals surface area contributed by atoms with Crippen molar-refractivity contribution in [1.29, 1.82) is 0 Å². The topological polar surface area (TPSA) is 61.4 Å². The van der Waals surface area contributed by atoms with Crippen molar-refractivity contribution in [2.24, 2.45) is 0 Å². The Bertz CT molecular complexity index is 442. The number of aliphatic hydroxyl groups is 1. The molecule has 1 amide bonds. The van der Waals surface area contributed by atoms with Crippen LogP contribution < -0.4 is 10.6 Å². The van der Waals surface area contributed by atoms with E-state index in [1.54, 1.807) is 0 Å². The van der Waals surface area contributed by atoms with E-state index in [-0.39, 0.29) is 19.1 Å². The highest BCUT2D eigenvalue weighted by Crippen LogP contribution is 2.19. The SMILES string of the molecule is Cc1c(NC[Si](C)(C)C)cccc1C(=O)NCCO. The lowest BCUT2D eigenvalue weighted by atomic mass is 10.1. The molecule has 0 radical (unpaired) electrons. The van der Waals surface area contributed by atoms with Crippen LogP contribution in [0.15, 0.2) is 18.2 Å². The van der Waals surface area contributed by atoms with E-state index in [0.29, 0.717) is 5.56 Å². The molecular weight excluding hydrogens is 256 g/mol. The van der Waals surface area contributed by atoms with Gasteiger partial charge in [0.15, 0.2) is 0 Å².